The fraction of sp³-hybridized carbons (Fsp3) is 0.636. The molecule has 1 saturated carbocycles. The molecule has 0 saturated heterocycles. The van der Waals surface area contributed by atoms with Crippen LogP contribution in [0.1, 0.15) is 25.7 Å². The van der Waals surface area contributed by atoms with E-state index in [1.165, 1.54) is 0 Å². The molecule has 1 aliphatic carbocycles. The second-order valence-corrected chi connectivity index (χ2v) is 5.03. The van der Waals surface area contributed by atoms with Crippen molar-refractivity contribution in [2.45, 2.75) is 42.8 Å². The molecule has 1 aromatic heterocycles. The molecule has 1 heterocycles. The number of hydrogen-bond donors (Lipinski definition) is 2. The molecule has 3 N–H and O–H groups in total. The van der Waals surface area contributed by atoms with Crippen molar-refractivity contribution in [2.75, 3.05) is 11.6 Å². The van der Waals surface area contributed by atoms with Crippen LogP contribution in [0.4, 0.5) is 5.82 Å². The first-order valence-electron chi connectivity index (χ1n) is 5.66. The van der Waals surface area contributed by atoms with Crippen LogP contribution in [0.3, 0.4) is 0 Å². The molecule has 5 heteroatoms. The monoisotopic (exact) mass is 238 g/mol. The summed E-state index contributed by atoms with van der Waals surface area (Å²) >= 11 is 1.63. The van der Waals surface area contributed by atoms with Crippen molar-refractivity contribution >= 4 is 17.6 Å². The lowest BCUT2D eigenvalue weighted by atomic mass is 9.92. The number of rotatable bonds is 3. The smallest absolute Gasteiger partial charge is 0.130 e. The number of aromatic nitrogens is 2. The molecule has 1 aromatic rings. The third kappa shape index (κ3) is 3.09. The number of nitrogens with two attached hydrogens (primary N) is 1. The van der Waals surface area contributed by atoms with Gasteiger partial charge in [-0.2, -0.15) is 0 Å². The summed E-state index contributed by atoms with van der Waals surface area (Å²) in [4.78, 5) is 8.39. The van der Waals surface area contributed by atoms with Gasteiger partial charge in [0.05, 0.1) is 0 Å². The summed E-state index contributed by atoms with van der Waals surface area (Å²) in [5.74, 6) is 0.930. The first kappa shape index (κ1) is 11.7. The Morgan fingerprint density at radius 3 is 2.75 bits per heavy atom. The van der Waals surface area contributed by atoms with Gasteiger partial charge in [-0.05, 0) is 31.9 Å². The van der Waals surface area contributed by atoms with Crippen LogP contribution in [0.5, 0.6) is 0 Å². The quantitative estimate of drug-likeness (QED) is 0.622. The Bertz CT molecular complexity index is 337. The maximum absolute atomic E-state index is 5.88. The van der Waals surface area contributed by atoms with Gasteiger partial charge in [0.2, 0.25) is 0 Å². The van der Waals surface area contributed by atoms with Gasteiger partial charge in [-0.15, -0.1) is 11.8 Å². The highest BCUT2D eigenvalue weighted by atomic mass is 32.2. The van der Waals surface area contributed by atoms with E-state index in [1.54, 1.807) is 18.1 Å². The second kappa shape index (κ2) is 5.50. The lowest BCUT2D eigenvalue weighted by Crippen LogP contribution is -2.33. The van der Waals surface area contributed by atoms with E-state index in [2.05, 4.69) is 15.3 Å². The van der Waals surface area contributed by atoms with Crippen molar-refractivity contribution in [3.05, 3.63) is 12.4 Å². The van der Waals surface area contributed by atoms with E-state index in [-0.39, 0.29) is 0 Å². The van der Waals surface area contributed by atoms with Crippen LogP contribution in [-0.2, 0) is 0 Å². The van der Waals surface area contributed by atoms with Crippen molar-refractivity contribution in [3.8, 4) is 0 Å². The Kier molecular flexibility index (Phi) is 4.01. The largest absolute Gasteiger partial charge is 0.367 e. The number of nitrogens with one attached hydrogen (secondary N) is 1. The Balaban J connectivity index is 1.93. The molecule has 1 aliphatic rings. The van der Waals surface area contributed by atoms with E-state index >= 15 is 0 Å². The molecule has 4 nitrogen and oxygen atoms in total. The molecular weight excluding hydrogens is 220 g/mol. The van der Waals surface area contributed by atoms with E-state index < -0.39 is 0 Å². The first-order valence-corrected chi connectivity index (χ1v) is 6.88. The predicted molar refractivity (Wildman–Crippen MR) is 67.7 cm³/mol. The molecule has 16 heavy (non-hydrogen) atoms. The van der Waals surface area contributed by atoms with Crippen LogP contribution in [0.2, 0.25) is 0 Å². The minimum atomic E-state index is 0.394. The van der Waals surface area contributed by atoms with Gasteiger partial charge in [0.15, 0.2) is 0 Å². The summed E-state index contributed by atoms with van der Waals surface area (Å²) < 4.78 is 0. The molecule has 0 aliphatic heterocycles. The Morgan fingerprint density at radius 2 is 2.06 bits per heavy atom. The predicted octanol–water partition coefficient (Wildman–Crippen LogP) is 1.88. The number of nitrogens with zero attached hydrogens (tertiary/aromatic N) is 2. The molecule has 0 spiro atoms. The molecule has 0 amide bonds. The topological polar surface area (TPSA) is 63.8 Å². The normalized spacial score (nSPS) is 25.4. The van der Waals surface area contributed by atoms with Crippen molar-refractivity contribution < 1.29 is 0 Å². The average molecular weight is 238 g/mol. The van der Waals surface area contributed by atoms with Crippen molar-refractivity contribution in [3.63, 3.8) is 0 Å². The molecule has 0 radical (unpaired) electrons. The van der Waals surface area contributed by atoms with Crippen molar-refractivity contribution in [2.24, 2.45) is 5.73 Å². The summed E-state index contributed by atoms with van der Waals surface area (Å²) in [5, 5.41) is 4.46. The van der Waals surface area contributed by atoms with Gasteiger partial charge in [0.1, 0.15) is 17.2 Å². The third-order valence-corrected chi connectivity index (χ3v) is 3.62. The van der Waals surface area contributed by atoms with Crippen LogP contribution in [0, 0.1) is 0 Å². The third-order valence-electron chi connectivity index (χ3n) is 2.97. The fourth-order valence-electron chi connectivity index (χ4n) is 2.00. The number of thioether (sulfide) groups is 1. The molecular formula is C11H18N4S. The zero-order valence-electron chi connectivity index (χ0n) is 9.52. The Hall–Kier alpha value is -0.810. The van der Waals surface area contributed by atoms with E-state index in [1.807, 2.05) is 12.3 Å². The number of hydrogen-bond acceptors (Lipinski definition) is 5. The highest BCUT2D eigenvalue weighted by Gasteiger charge is 2.18. The van der Waals surface area contributed by atoms with Crippen LogP contribution < -0.4 is 11.1 Å². The first-order chi connectivity index (χ1) is 7.78. The lowest BCUT2D eigenvalue weighted by molar-refractivity contribution is 0.410. The Morgan fingerprint density at radius 1 is 1.31 bits per heavy atom. The van der Waals surface area contributed by atoms with Crippen LogP contribution in [-0.4, -0.2) is 28.3 Å². The number of anilines is 1. The molecule has 88 valence electrons. The summed E-state index contributed by atoms with van der Waals surface area (Å²) in [6.45, 7) is 0. The van der Waals surface area contributed by atoms with Crippen LogP contribution >= 0.6 is 11.8 Å². The summed E-state index contributed by atoms with van der Waals surface area (Å²) in [5.41, 5.74) is 5.88. The Labute approximate surface area is 100 Å². The van der Waals surface area contributed by atoms with Crippen LogP contribution in [0.15, 0.2) is 17.4 Å². The highest BCUT2D eigenvalue weighted by molar-refractivity contribution is 7.98. The van der Waals surface area contributed by atoms with Gasteiger partial charge in [0, 0.05) is 18.2 Å². The zero-order valence-corrected chi connectivity index (χ0v) is 10.3. The maximum atomic E-state index is 5.88. The van der Waals surface area contributed by atoms with E-state index in [0.717, 1.165) is 36.5 Å². The average Bonchev–Trinajstić information content (AvgIpc) is 2.32. The molecule has 1 fully saturated rings. The van der Waals surface area contributed by atoms with Gasteiger partial charge >= 0.3 is 0 Å². The van der Waals surface area contributed by atoms with Gasteiger partial charge < -0.3 is 11.1 Å². The second-order valence-electron chi connectivity index (χ2n) is 4.20. The van der Waals surface area contributed by atoms with Gasteiger partial charge in [-0.25, -0.2) is 9.97 Å². The fourth-order valence-corrected chi connectivity index (χ4v) is 2.38. The minimum Gasteiger partial charge on any atom is -0.367 e. The highest BCUT2D eigenvalue weighted by Crippen LogP contribution is 2.21. The zero-order chi connectivity index (χ0) is 11.4. The SMILES string of the molecule is CSc1cc(NC2CCC(N)CC2)ncn1. The van der Waals surface area contributed by atoms with Crippen LogP contribution in [0.25, 0.3) is 0 Å². The molecule has 2 rings (SSSR count). The molecule has 0 bridgehead atoms. The summed E-state index contributed by atoms with van der Waals surface area (Å²) in [6, 6.07) is 2.91. The van der Waals surface area contributed by atoms with E-state index in [9.17, 15) is 0 Å². The lowest BCUT2D eigenvalue weighted by Gasteiger charge is -2.27. The van der Waals surface area contributed by atoms with E-state index in [4.69, 9.17) is 5.73 Å². The standard InChI is InChI=1S/C11H18N4S/c1-16-11-6-10(13-7-14-11)15-9-4-2-8(12)3-5-9/h6-9H,2-5,12H2,1H3,(H,13,14,15). The summed E-state index contributed by atoms with van der Waals surface area (Å²) in [7, 11) is 0. The maximum Gasteiger partial charge on any atom is 0.130 e. The minimum absolute atomic E-state index is 0.394. The van der Waals surface area contributed by atoms with Crippen molar-refractivity contribution in [1.29, 1.82) is 0 Å². The molecule has 0 unspecified atom stereocenters. The van der Waals surface area contributed by atoms with Gasteiger partial charge in [-0.3, -0.25) is 0 Å². The summed E-state index contributed by atoms with van der Waals surface area (Å²) in [6.07, 6.45) is 8.13. The van der Waals surface area contributed by atoms with E-state index in [0.29, 0.717) is 12.1 Å². The van der Waals surface area contributed by atoms with Crippen molar-refractivity contribution in [1.82, 2.24) is 9.97 Å². The van der Waals surface area contributed by atoms with Gasteiger partial charge in [-0.1, -0.05) is 0 Å². The molecule has 0 aromatic carbocycles. The van der Waals surface area contributed by atoms with Gasteiger partial charge in [0.25, 0.3) is 0 Å². The molecule has 0 atom stereocenters.